The van der Waals surface area contributed by atoms with Crippen molar-refractivity contribution in [2.45, 2.75) is 26.2 Å². The molecule has 0 bridgehead atoms. The predicted octanol–water partition coefficient (Wildman–Crippen LogP) is 1.58. The molecule has 0 radical (unpaired) electrons. The molecule has 1 rings (SSSR count). The largest absolute Gasteiger partial charge is 0.215 e. The summed E-state index contributed by atoms with van der Waals surface area (Å²) in [6.07, 6.45) is 3.56. The Labute approximate surface area is 91.3 Å². The summed E-state index contributed by atoms with van der Waals surface area (Å²) in [6.45, 7) is 2.45. The number of halogens is 1. The molecule has 0 aromatic carbocycles. The molecule has 1 aliphatic carbocycles. The van der Waals surface area contributed by atoms with E-state index in [-0.39, 0.29) is 11.7 Å². The molecule has 1 atom stereocenters. The van der Waals surface area contributed by atoms with Crippen LogP contribution in [0, 0.1) is 11.8 Å². The first-order valence-corrected chi connectivity index (χ1v) is 7.25. The summed E-state index contributed by atoms with van der Waals surface area (Å²) in [5.74, 6) is 1.12. The van der Waals surface area contributed by atoms with Gasteiger partial charge in [-0.05, 0) is 24.7 Å². The molecule has 5 heteroatoms. The number of hydrogen-bond acceptors (Lipinski definition) is 2. The van der Waals surface area contributed by atoms with Crippen molar-refractivity contribution in [2.24, 2.45) is 11.8 Å². The SMILES string of the molecule is CC(CCl)CS(=O)(=O)NCC1CCC1. The summed E-state index contributed by atoms with van der Waals surface area (Å²) in [7, 11) is -3.10. The van der Waals surface area contributed by atoms with Crippen LogP contribution in [0.4, 0.5) is 0 Å². The number of sulfonamides is 1. The minimum atomic E-state index is -3.10. The van der Waals surface area contributed by atoms with E-state index in [1.165, 1.54) is 6.42 Å². The van der Waals surface area contributed by atoms with Crippen LogP contribution in [0.1, 0.15) is 26.2 Å². The van der Waals surface area contributed by atoms with E-state index in [0.717, 1.165) is 12.8 Å². The van der Waals surface area contributed by atoms with Crippen LogP contribution in [-0.2, 0) is 10.0 Å². The second-order valence-electron chi connectivity index (χ2n) is 4.19. The maximum atomic E-state index is 11.5. The van der Waals surface area contributed by atoms with E-state index in [4.69, 9.17) is 11.6 Å². The summed E-state index contributed by atoms with van der Waals surface area (Å²) < 4.78 is 25.6. The van der Waals surface area contributed by atoms with E-state index in [2.05, 4.69) is 4.72 Å². The fourth-order valence-corrected chi connectivity index (χ4v) is 3.13. The van der Waals surface area contributed by atoms with Gasteiger partial charge in [-0.2, -0.15) is 0 Å². The van der Waals surface area contributed by atoms with Crippen LogP contribution in [0.15, 0.2) is 0 Å². The standard InChI is InChI=1S/C9H18ClNO2S/c1-8(5-10)7-14(12,13)11-6-9-3-2-4-9/h8-9,11H,2-7H2,1H3. The van der Waals surface area contributed by atoms with Crippen LogP contribution in [-0.4, -0.2) is 26.6 Å². The zero-order valence-corrected chi connectivity index (χ0v) is 10.1. The average Bonchev–Trinajstić information content (AvgIpc) is 2.00. The van der Waals surface area contributed by atoms with Gasteiger partial charge in [-0.3, -0.25) is 0 Å². The van der Waals surface area contributed by atoms with Crippen LogP contribution >= 0.6 is 11.6 Å². The summed E-state index contributed by atoms with van der Waals surface area (Å²) in [5, 5.41) is 0. The molecule has 0 aliphatic heterocycles. The van der Waals surface area contributed by atoms with Gasteiger partial charge in [0.05, 0.1) is 5.75 Å². The Morgan fingerprint density at radius 2 is 2.14 bits per heavy atom. The summed E-state index contributed by atoms with van der Waals surface area (Å²) in [5.41, 5.74) is 0. The topological polar surface area (TPSA) is 46.2 Å². The van der Waals surface area contributed by atoms with Gasteiger partial charge in [-0.1, -0.05) is 13.3 Å². The molecule has 1 N–H and O–H groups in total. The molecule has 84 valence electrons. The number of alkyl halides is 1. The number of rotatable bonds is 6. The third kappa shape index (κ3) is 4.15. The highest BCUT2D eigenvalue weighted by Gasteiger charge is 2.21. The fourth-order valence-electron chi connectivity index (χ4n) is 1.42. The highest BCUT2D eigenvalue weighted by molar-refractivity contribution is 7.89. The van der Waals surface area contributed by atoms with Crippen LogP contribution in [0.3, 0.4) is 0 Å². The Kier molecular flexibility index (Phi) is 4.67. The van der Waals surface area contributed by atoms with Crippen LogP contribution < -0.4 is 4.72 Å². The quantitative estimate of drug-likeness (QED) is 0.716. The zero-order valence-electron chi connectivity index (χ0n) is 8.50. The van der Waals surface area contributed by atoms with Crippen LogP contribution in [0.5, 0.6) is 0 Å². The smallest absolute Gasteiger partial charge is 0.211 e. The van der Waals surface area contributed by atoms with Gasteiger partial charge in [-0.25, -0.2) is 13.1 Å². The third-order valence-corrected chi connectivity index (χ3v) is 4.73. The van der Waals surface area contributed by atoms with Gasteiger partial charge in [-0.15, -0.1) is 11.6 Å². The van der Waals surface area contributed by atoms with Crippen molar-refractivity contribution in [3.8, 4) is 0 Å². The van der Waals surface area contributed by atoms with E-state index in [1.54, 1.807) is 0 Å². The molecule has 1 fully saturated rings. The van der Waals surface area contributed by atoms with Crippen molar-refractivity contribution in [1.82, 2.24) is 4.72 Å². The second-order valence-corrected chi connectivity index (χ2v) is 6.35. The monoisotopic (exact) mass is 239 g/mol. The highest BCUT2D eigenvalue weighted by Crippen LogP contribution is 2.25. The summed E-state index contributed by atoms with van der Waals surface area (Å²) in [4.78, 5) is 0. The van der Waals surface area contributed by atoms with Gasteiger partial charge in [0.25, 0.3) is 0 Å². The molecule has 1 aliphatic rings. The molecule has 14 heavy (non-hydrogen) atoms. The van der Waals surface area contributed by atoms with E-state index in [1.807, 2.05) is 6.92 Å². The van der Waals surface area contributed by atoms with Crippen LogP contribution in [0.25, 0.3) is 0 Å². The fraction of sp³-hybridized carbons (Fsp3) is 1.00. The molecule has 1 saturated carbocycles. The normalized spacial score (nSPS) is 20.4. The van der Waals surface area contributed by atoms with Crippen molar-refractivity contribution < 1.29 is 8.42 Å². The lowest BCUT2D eigenvalue weighted by Crippen LogP contribution is -2.35. The molecule has 0 spiro atoms. The first kappa shape index (κ1) is 12.3. The van der Waals surface area contributed by atoms with Gasteiger partial charge in [0.2, 0.25) is 10.0 Å². The lowest BCUT2D eigenvalue weighted by Gasteiger charge is -2.25. The Bertz CT molecular complexity index is 262. The van der Waals surface area contributed by atoms with E-state index < -0.39 is 10.0 Å². The second kappa shape index (κ2) is 5.33. The maximum Gasteiger partial charge on any atom is 0.211 e. The Balaban J connectivity index is 2.25. The van der Waals surface area contributed by atoms with Crippen molar-refractivity contribution in [1.29, 1.82) is 0 Å². The van der Waals surface area contributed by atoms with Crippen LogP contribution in [0.2, 0.25) is 0 Å². The first-order chi connectivity index (χ1) is 6.53. The minimum Gasteiger partial charge on any atom is -0.215 e. The van der Waals surface area contributed by atoms with Crippen molar-refractivity contribution >= 4 is 21.6 Å². The molecule has 0 aromatic heterocycles. The molecule has 3 nitrogen and oxygen atoms in total. The van der Waals surface area contributed by atoms with Crippen molar-refractivity contribution in [3.63, 3.8) is 0 Å². The maximum absolute atomic E-state index is 11.5. The summed E-state index contributed by atoms with van der Waals surface area (Å²) in [6, 6.07) is 0. The van der Waals surface area contributed by atoms with Crippen molar-refractivity contribution in [2.75, 3.05) is 18.2 Å². The number of nitrogens with one attached hydrogen (secondary N) is 1. The lowest BCUT2D eigenvalue weighted by molar-refractivity contribution is 0.316. The minimum absolute atomic E-state index is 0.0237. The lowest BCUT2D eigenvalue weighted by atomic mass is 9.86. The van der Waals surface area contributed by atoms with Gasteiger partial charge < -0.3 is 0 Å². The molecule has 1 unspecified atom stereocenters. The van der Waals surface area contributed by atoms with E-state index >= 15 is 0 Å². The Morgan fingerprint density at radius 3 is 2.57 bits per heavy atom. The van der Waals surface area contributed by atoms with Gasteiger partial charge in [0.1, 0.15) is 0 Å². The predicted molar refractivity (Wildman–Crippen MR) is 59.0 cm³/mol. The van der Waals surface area contributed by atoms with Gasteiger partial charge in [0.15, 0.2) is 0 Å². The Morgan fingerprint density at radius 1 is 1.50 bits per heavy atom. The molecular formula is C9H18ClNO2S. The van der Waals surface area contributed by atoms with Gasteiger partial charge in [0, 0.05) is 12.4 Å². The summed E-state index contributed by atoms with van der Waals surface area (Å²) >= 11 is 5.57. The zero-order chi connectivity index (χ0) is 10.6. The third-order valence-electron chi connectivity index (χ3n) is 2.58. The highest BCUT2D eigenvalue weighted by atomic mass is 35.5. The average molecular weight is 240 g/mol. The Hall–Kier alpha value is 0.200. The van der Waals surface area contributed by atoms with Gasteiger partial charge >= 0.3 is 0 Å². The molecule has 0 amide bonds. The van der Waals surface area contributed by atoms with E-state index in [0.29, 0.717) is 18.3 Å². The van der Waals surface area contributed by atoms with Crippen molar-refractivity contribution in [3.05, 3.63) is 0 Å². The first-order valence-electron chi connectivity index (χ1n) is 5.07. The molecule has 0 heterocycles. The molecule has 0 saturated heterocycles. The van der Waals surface area contributed by atoms with E-state index in [9.17, 15) is 8.42 Å². The molecular weight excluding hydrogens is 222 g/mol. The molecule has 0 aromatic rings. The number of hydrogen-bond donors (Lipinski definition) is 1.